The highest BCUT2D eigenvalue weighted by molar-refractivity contribution is 6.02. The number of anilines is 1. The first-order valence-corrected chi connectivity index (χ1v) is 7.00. The Labute approximate surface area is 132 Å². The molecule has 0 aliphatic carbocycles. The maximum absolute atomic E-state index is 12.2. The Hall–Kier alpha value is -3.22. The average Bonchev–Trinajstić information content (AvgIpc) is 2.87. The number of nitrogens with zero attached hydrogens (tertiary/aromatic N) is 3. The smallest absolute Gasteiger partial charge is 0.254 e. The predicted molar refractivity (Wildman–Crippen MR) is 85.8 cm³/mol. The zero-order valence-electron chi connectivity index (χ0n) is 12.5. The lowest BCUT2D eigenvalue weighted by molar-refractivity contribution is -0.115. The molecule has 2 heterocycles. The van der Waals surface area contributed by atoms with Crippen LogP contribution in [0.5, 0.6) is 0 Å². The van der Waals surface area contributed by atoms with Gasteiger partial charge in [0.05, 0.1) is 11.9 Å². The molecule has 3 N–H and O–H groups in total. The van der Waals surface area contributed by atoms with Crippen molar-refractivity contribution in [1.29, 1.82) is 0 Å². The van der Waals surface area contributed by atoms with Crippen molar-refractivity contribution in [3.63, 3.8) is 0 Å². The summed E-state index contributed by atoms with van der Waals surface area (Å²) in [7, 11) is 1.65. The van der Waals surface area contributed by atoms with E-state index in [1.54, 1.807) is 13.2 Å². The molecule has 3 aromatic rings. The molecule has 0 saturated heterocycles. The summed E-state index contributed by atoms with van der Waals surface area (Å²) in [4.78, 5) is 27.8. The fourth-order valence-corrected chi connectivity index (χ4v) is 2.34. The monoisotopic (exact) mass is 309 g/mol. The number of hydrogen-bond donors (Lipinski definition) is 2. The van der Waals surface area contributed by atoms with Gasteiger partial charge in [-0.3, -0.25) is 19.3 Å². The summed E-state index contributed by atoms with van der Waals surface area (Å²) < 4.78 is 1.42. The van der Waals surface area contributed by atoms with Crippen molar-refractivity contribution in [2.75, 3.05) is 5.32 Å². The molecular weight excluding hydrogens is 294 g/mol. The Bertz CT molecular complexity index is 900. The van der Waals surface area contributed by atoms with Gasteiger partial charge in [-0.15, -0.1) is 0 Å². The van der Waals surface area contributed by atoms with Gasteiger partial charge in [-0.25, -0.2) is 0 Å². The van der Waals surface area contributed by atoms with Crippen molar-refractivity contribution in [1.82, 2.24) is 14.8 Å². The third kappa shape index (κ3) is 3.18. The SMILES string of the molecule is Cn1cc(C(N)=O)c(NC(=O)Cc2cnc3ccccc3c2)n1. The van der Waals surface area contributed by atoms with Gasteiger partial charge in [0.25, 0.3) is 5.91 Å². The number of pyridine rings is 1. The van der Waals surface area contributed by atoms with Crippen LogP contribution in [0.25, 0.3) is 10.9 Å². The molecular formula is C16H15N5O2. The number of para-hydroxylation sites is 1. The van der Waals surface area contributed by atoms with Gasteiger partial charge in [0.15, 0.2) is 5.82 Å². The van der Waals surface area contributed by atoms with Crippen molar-refractivity contribution < 1.29 is 9.59 Å². The number of primary amides is 1. The molecule has 23 heavy (non-hydrogen) atoms. The molecule has 0 bridgehead atoms. The standard InChI is InChI=1S/C16H15N5O2/c1-21-9-12(15(17)23)16(20-21)19-14(22)7-10-6-11-4-2-3-5-13(11)18-8-10/h2-6,8-9H,7H2,1H3,(H2,17,23)(H,19,20,22). The Morgan fingerprint density at radius 2 is 2.09 bits per heavy atom. The molecule has 1 aromatic carbocycles. The first-order valence-electron chi connectivity index (χ1n) is 7.00. The number of hydrogen-bond acceptors (Lipinski definition) is 4. The highest BCUT2D eigenvalue weighted by Gasteiger charge is 2.15. The van der Waals surface area contributed by atoms with E-state index >= 15 is 0 Å². The summed E-state index contributed by atoms with van der Waals surface area (Å²) in [6.45, 7) is 0. The van der Waals surface area contributed by atoms with Gasteiger partial charge < -0.3 is 11.1 Å². The number of nitrogens with one attached hydrogen (secondary N) is 1. The summed E-state index contributed by atoms with van der Waals surface area (Å²) in [5.41, 5.74) is 7.09. The van der Waals surface area contributed by atoms with E-state index in [4.69, 9.17) is 5.73 Å². The molecule has 116 valence electrons. The molecule has 0 spiro atoms. The molecule has 0 fully saturated rings. The molecule has 2 amide bonds. The van der Waals surface area contributed by atoms with Crippen molar-refractivity contribution in [3.05, 3.63) is 53.9 Å². The van der Waals surface area contributed by atoms with Gasteiger partial charge in [-0.05, 0) is 17.7 Å². The van der Waals surface area contributed by atoms with Crippen molar-refractivity contribution >= 4 is 28.5 Å². The van der Waals surface area contributed by atoms with E-state index < -0.39 is 5.91 Å². The topological polar surface area (TPSA) is 103 Å². The third-order valence-corrected chi connectivity index (χ3v) is 3.36. The molecule has 0 atom stereocenters. The van der Waals surface area contributed by atoms with Crippen LogP contribution in [-0.2, 0) is 18.3 Å². The van der Waals surface area contributed by atoms with Crippen LogP contribution in [0.2, 0.25) is 0 Å². The number of aromatic nitrogens is 3. The van der Waals surface area contributed by atoms with Crippen molar-refractivity contribution in [2.24, 2.45) is 12.8 Å². The van der Waals surface area contributed by atoms with E-state index in [1.807, 2.05) is 30.3 Å². The Balaban J connectivity index is 1.77. The zero-order chi connectivity index (χ0) is 16.4. The summed E-state index contributed by atoms with van der Waals surface area (Å²) in [5.74, 6) is -0.761. The largest absolute Gasteiger partial charge is 0.365 e. The minimum absolute atomic E-state index is 0.132. The van der Waals surface area contributed by atoms with E-state index in [0.717, 1.165) is 16.5 Å². The lowest BCUT2D eigenvalue weighted by atomic mass is 10.1. The molecule has 0 saturated carbocycles. The van der Waals surface area contributed by atoms with Gasteiger partial charge in [0, 0.05) is 24.8 Å². The maximum Gasteiger partial charge on any atom is 0.254 e. The molecule has 0 radical (unpaired) electrons. The number of nitrogens with two attached hydrogens (primary N) is 1. The third-order valence-electron chi connectivity index (χ3n) is 3.36. The lowest BCUT2D eigenvalue weighted by Crippen LogP contribution is -2.19. The van der Waals surface area contributed by atoms with Gasteiger partial charge in [-0.1, -0.05) is 18.2 Å². The van der Waals surface area contributed by atoms with Gasteiger partial charge in [0.2, 0.25) is 5.91 Å². The summed E-state index contributed by atoms with van der Waals surface area (Å²) in [6.07, 6.45) is 3.26. The second-order valence-electron chi connectivity index (χ2n) is 5.19. The number of benzene rings is 1. The van der Waals surface area contributed by atoms with E-state index in [2.05, 4.69) is 15.4 Å². The summed E-state index contributed by atoms with van der Waals surface area (Å²) >= 11 is 0. The second kappa shape index (κ2) is 5.88. The first-order chi connectivity index (χ1) is 11.0. The van der Waals surface area contributed by atoms with E-state index in [0.29, 0.717) is 0 Å². The lowest BCUT2D eigenvalue weighted by Gasteiger charge is -2.05. The molecule has 0 aliphatic heterocycles. The fraction of sp³-hybridized carbons (Fsp3) is 0.125. The minimum atomic E-state index is -0.638. The van der Waals surface area contributed by atoms with Gasteiger partial charge >= 0.3 is 0 Å². The number of aryl methyl sites for hydroxylation is 1. The highest BCUT2D eigenvalue weighted by atomic mass is 16.2. The van der Waals surface area contributed by atoms with Crippen molar-refractivity contribution in [3.8, 4) is 0 Å². The number of rotatable bonds is 4. The minimum Gasteiger partial charge on any atom is -0.365 e. The number of carbonyl (C=O) groups excluding carboxylic acids is 2. The van der Waals surface area contributed by atoms with Gasteiger partial charge in [-0.2, -0.15) is 5.10 Å². The van der Waals surface area contributed by atoms with Crippen LogP contribution in [0.15, 0.2) is 42.7 Å². The number of amides is 2. The van der Waals surface area contributed by atoms with Crippen LogP contribution < -0.4 is 11.1 Å². The Morgan fingerprint density at radius 1 is 1.30 bits per heavy atom. The van der Waals surface area contributed by atoms with Crippen LogP contribution >= 0.6 is 0 Å². The Kier molecular flexibility index (Phi) is 3.76. The summed E-state index contributed by atoms with van der Waals surface area (Å²) in [5, 5.41) is 7.61. The fourth-order valence-electron chi connectivity index (χ4n) is 2.34. The maximum atomic E-state index is 12.2. The van der Waals surface area contributed by atoms with Crippen LogP contribution in [0.3, 0.4) is 0 Å². The Morgan fingerprint density at radius 3 is 2.87 bits per heavy atom. The highest BCUT2D eigenvalue weighted by Crippen LogP contribution is 2.15. The number of carbonyl (C=O) groups is 2. The summed E-state index contributed by atoms with van der Waals surface area (Å²) in [6, 6.07) is 9.59. The van der Waals surface area contributed by atoms with E-state index in [-0.39, 0.29) is 23.7 Å². The van der Waals surface area contributed by atoms with Crippen LogP contribution in [-0.4, -0.2) is 26.6 Å². The van der Waals surface area contributed by atoms with Crippen LogP contribution in [0, 0.1) is 0 Å². The quantitative estimate of drug-likeness (QED) is 0.757. The second-order valence-corrected chi connectivity index (χ2v) is 5.19. The molecule has 3 rings (SSSR count). The van der Waals surface area contributed by atoms with Gasteiger partial charge in [0.1, 0.15) is 5.56 Å². The zero-order valence-corrected chi connectivity index (χ0v) is 12.5. The molecule has 0 aliphatic rings. The first kappa shape index (κ1) is 14.7. The predicted octanol–water partition coefficient (Wildman–Crippen LogP) is 1.25. The van der Waals surface area contributed by atoms with E-state index in [9.17, 15) is 9.59 Å². The average molecular weight is 309 g/mol. The molecule has 7 nitrogen and oxygen atoms in total. The van der Waals surface area contributed by atoms with Crippen LogP contribution in [0.1, 0.15) is 15.9 Å². The van der Waals surface area contributed by atoms with Crippen LogP contribution in [0.4, 0.5) is 5.82 Å². The molecule has 7 heteroatoms. The molecule has 0 unspecified atom stereocenters. The van der Waals surface area contributed by atoms with E-state index in [1.165, 1.54) is 10.9 Å². The number of fused-ring (bicyclic) bond motifs is 1. The molecule has 2 aromatic heterocycles. The normalized spacial score (nSPS) is 10.7. The van der Waals surface area contributed by atoms with Crippen molar-refractivity contribution in [2.45, 2.75) is 6.42 Å².